The van der Waals surface area contributed by atoms with Crippen molar-refractivity contribution in [1.82, 2.24) is 10.3 Å². The lowest BCUT2D eigenvalue weighted by atomic mass is 9.93. The van der Waals surface area contributed by atoms with Crippen LogP contribution in [0.4, 0.5) is 0 Å². The third kappa shape index (κ3) is 3.35. The van der Waals surface area contributed by atoms with E-state index in [9.17, 15) is 0 Å². The van der Waals surface area contributed by atoms with Crippen molar-refractivity contribution in [1.29, 1.82) is 0 Å². The molecule has 1 atom stereocenters. The molecule has 2 rings (SSSR count). The van der Waals surface area contributed by atoms with E-state index in [1.54, 1.807) is 7.11 Å². The van der Waals surface area contributed by atoms with Gasteiger partial charge in [0.15, 0.2) is 0 Å². The predicted molar refractivity (Wildman–Crippen MR) is 83.9 cm³/mol. The summed E-state index contributed by atoms with van der Waals surface area (Å²) < 4.78 is 5.52. The van der Waals surface area contributed by atoms with Crippen LogP contribution in [-0.2, 0) is 4.74 Å². The van der Waals surface area contributed by atoms with Crippen LogP contribution >= 0.6 is 0 Å². The monoisotopic (exact) mass is 272 g/mol. The van der Waals surface area contributed by atoms with E-state index < -0.39 is 0 Å². The molecule has 20 heavy (non-hydrogen) atoms. The molecular formula is C17H24N2O. The van der Waals surface area contributed by atoms with Crippen molar-refractivity contribution in [2.24, 2.45) is 0 Å². The molecule has 1 aromatic heterocycles. The van der Waals surface area contributed by atoms with E-state index in [0.29, 0.717) is 6.04 Å². The third-order valence-corrected chi connectivity index (χ3v) is 3.99. The van der Waals surface area contributed by atoms with Crippen LogP contribution in [0.1, 0.15) is 38.3 Å². The van der Waals surface area contributed by atoms with Crippen LogP contribution in [0.3, 0.4) is 0 Å². The van der Waals surface area contributed by atoms with Gasteiger partial charge in [-0.2, -0.15) is 0 Å². The molecule has 1 unspecified atom stereocenters. The van der Waals surface area contributed by atoms with Gasteiger partial charge in [0.25, 0.3) is 0 Å². The van der Waals surface area contributed by atoms with E-state index in [2.05, 4.69) is 48.4 Å². The van der Waals surface area contributed by atoms with Crippen LogP contribution < -0.4 is 5.32 Å². The summed E-state index contributed by atoms with van der Waals surface area (Å²) in [5.41, 5.74) is 2.28. The number of ether oxygens (including phenoxy) is 1. The van der Waals surface area contributed by atoms with Crippen LogP contribution in [0.25, 0.3) is 10.9 Å². The van der Waals surface area contributed by atoms with Crippen molar-refractivity contribution in [2.45, 2.75) is 38.3 Å². The van der Waals surface area contributed by atoms with Gasteiger partial charge in [0.2, 0.25) is 0 Å². The number of benzene rings is 1. The molecule has 1 aromatic carbocycles. The predicted octanol–water partition coefficient (Wildman–Crippen LogP) is 3.70. The maximum absolute atomic E-state index is 5.52. The van der Waals surface area contributed by atoms with Crippen molar-refractivity contribution in [3.8, 4) is 0 Å². The van der Waals surface area contributed by atoms with Crippen molar-refractivity contribution in [2.75, 3.05) is 14.2 Å². The number of pyridine rings is 1. The number of para-hydroxylation sites is 1. The van der Waals surface area contributed by atoms with Crippen molar-refractivity contribution in [3.63, 3.8) is 0 Å². The Morgan fingerprint density at radius 1 is 1.25 bits per heavy atom. The highest BCUT2D eigenvalue weighted by Crippen LogP contribution is 2.28. The first-order valence-electron chi connectivity index (χ1n) is 7.13. The lowest BCUT2D eigenvalue weighted by molar-refractivity contribution is 0.0118. The van der Waals surface area contributed by atoms with Gasteiger partial charge in [-0.15, -0.1) is 0 Å². The standard InChI is InChI=1S/C17H24N2O/c1-17(2,20-4)11-9-15(18-3)14-10-12-19-16-8-6-5-7-13(14)16/h5-8,10,12,15,18H,9,11H2,1-4H3. The number of hydrogen-bond donors (Lipinski definition) is 1. The Labute approximate surface area is 121 Å². The fraction of sp³-hybridized carbons (Fsp3) is 0.471. The minimum Gasteiger partial charge on any atom is -0.379 e. The molecule has 0 spiro atoms. The Hall–Kier alpha value is -1.45. The second-order valence-corrected chi connectivity index (χ2v) is 5.76. The SMILES string of the molecule is CNC(CCC(C)(C)OC)c1ccnc2ccccc12. The van der Waals surface area contributed by atoms with Crippen molar-refractivity contribution in [3.05, 3.63) is 42.1 Å². The average Bonchev–Trinajstić information content (AvgIpc) is 2.48. The normalized spacial score (nSPS) is 13.6. The first kappa shape index (κ1) is 14.9. The minimum absolute atomic E-state index is 0.0854. The topological polar surface area (TPSA) is 34.1 Å². The first-order chi connectivity index (χ1) is 9.57. The van der Waals surface area contributed by atoms with Gasteiger partial charge in [-0.05, 0) is 51.4 Å². The molecule has 0 radical (unpaired) electrons. The van der Waals surface area contributed by atoms with E-state index >= 15 is 0 Å². The highest BCUT2D eigenvalue weighted by Gasteiger charge is 2.20. The Morgan fingerprint density at radius 3 is 2.70 bits per heavy atom. The number of fused-ring (bicyclic) bond motifs is 1. The van der Waals surface area contributed by atoms with Crippen LogP contribution in [0.15, 0.2) is 36.5 Å². The van der Waals surface area contributed by atoms with Gasteiger partial charge in [-0.25, -0.2) is 0 Å². The summed E-state index contributed by atoms with van der Waals surface area (Å²) in [5.74, 6) is 0. The first-order valence-corrected chi connectivity index (χ1v) is 7.13. The van der Waals surface area contributed by atoms with Crippen LogP contribution in [0, 0.1) is 0 Å². The number of methoxy groups -OCH3 is 1. The molecular weight excluding hydrogens is 248 g/mol. The smallest absolute Gasteiger partial charge is 0.0705 e. The Morgan fingerprint density at radius 2 is 2.00 bits per heavy atom. The van der Waals surface area contributed by atoms with E-state index in [4.69, 9.17) is 4.74 Å². The summed E-state index contributed by atoms with van der Waals surface area (Å²) in [6.07, 6.45) is 3.93. The third-order valence-electron chi connectivity index (χ3n) is 3.99. The molecule has 2 aromatic rings. The summed E-state index contributed by atoms with van der Waals surface area (Å²) in [5, 5.41) is 4.65. The summed E-state index contributed by atoms with van der Waals surface area (Å²) in [7, 11) is 3.79. The van der Waals surface area contributed by atoms with Gasteiger partial charge in [-0.3, -0.25) is 4.98 Å². The molecule has 1 heterocycles. The van der Waals surface area contributed by atoms with Crippen LogP contribution in [0.5, 0.6) is 0 Å². The summed E-state index contributed by atoms with van der Waals surface area (Å²) in [6, 6.07) is 10.7. The van der Waals surface area contributed by atoms with E-state index in [-0.39, 0.29) is 5.60 Å². The van der Waals surface area contributed by atoms with Gasteiger partial charge in [-0.1, -0.05) is 18.2 Å². The molecule has 3 nitrogen and oxygen atoms in total. The molecule has 0 aliphatic carbocycles. The second-order valence-electron chi connectivity index (χ2n) is 5.76. The average molecular weight is 272 g/mol. The zero-order chi connectivity index (χ0) is 14.6. The molecule has 0 bridgehead atoms. The number of hydrogen-bond acceptors (Lipinski definition) is 3. The van der Waals surface area contributed by atoms with Gasteiger partial charge in [0, 0.05) is 24.7 Å². The zero-order valence-electron chi connectivity index (χ0n) is 12.8. The Balaban J connectivity index is 2.26. The van der Waals surface area contributed by atoms with E-state index in [1.807, 2.05) is 19.3 Å². The molecule has 0 aliphatic rings. The molecule has 0 amide bonds. The molecule has 0 fully saturated rings. The fourth-order valence-electron chi connectivity index (χ4n) is 2.47. The largest absolute Gasteiger partial charge is 0.379 e. The number of aromatic nitrogens is 1. The maximum atomic E-state index is 5.52. The molecule has 108 valence electrons. The fourth-order valence-corrected chi connectivity index (χ4v) is 2.47. The lowest BCUT2D eigenvalue weighted by Crippen LogP contribution is -2.26. The summed E-state index contributed by atoms with van der Waals surface area (Å²) in [6.45, 7) is 4.26. The minimum atomic E-state index is -0.0854. The van der Waals surface area contributed by atoms with E-state index in [1.165, 1.54) is 10.9 Å². The second kappa shape index (κ2) is 6.33. The van der Waals surface area contributed by atoms with Crippen molar-refractivity contribution < 1.29 is 4.74 Å². The lowest BCUT2D eigenvalue weighted by Gasteiger charge is -2.26. The zero-order valence-corrected chi connectivity index (χ0v) is 12.8. The van der Waals surface area contributed by atoms with Gasteiger partial charge in [0.1, 0.15) is 0 Å². The number of nitrogens with one attached hydrogen (secondary N) is 1. The molecule has 3 heteroatoms. The van der Waals surface area contributed by atoms with E-state index in [0.717, 1.165) is 18.4 Å². The molecule has 1 N–H and O–H groups in total. The summed E-state index contributed by atoms with van der Waals surface area (Å²) >= 11 is 0. The molecule has 0 saturated carbocycles. The quantitative estimate of drug-likeness (QED) is 0.870. The molecule has 0 aliphatic heterocycles. The van der Waals surface area contributed by atoms with Crippen molar-refractivity contribution >= 4 is 10.9 Å². The number of rotatable bonds is 6. The van der Waals surface area contributed by atoms with Crippen LogP contribution in [-0.4, -0.2) is 24.7 Å². The van der Waals surface area contributed by atoms with Gasteiger partial charge < -0.3 is 10.1 Å². The Bertz CT molecular complexity index is 560. The van der Waals surface area contributed by atoms with Gasteiger partial charge in [0.05, 0.1) is 11.1 Å². The maximum Gasteiger partial charge on any atom is 0.0705 e. The highest BCUT2D eigenvalue weighted by atomic mass is 16.5. The molecule has 0 saturated heterocycles. The highest BCUT2D eigenvalue weighted by molar-refractivity contribution is 5.82. The van der Waals surface area contributed by atoms with Gasteiger partial charge >= 0.3 is 0 Å². The number of nitrogens with zero attached hydrogens (tertiary/aromatic N) is 1. The summed E-state index contributed by atoms with van der Waals surface area (Å²) in [4.78, 5) is 4.43. The van der Waals surface area contributed by atoms with Crippen LogP contribution in [0.2, 0.25) is 0 Å². The Kier molecular flexibility index (Phi) is 4.73.